The molecule has 0 spiro atoms. The highest BCUT2D eigenvalue weighted by Gasteiger charge is 2.20. The lowest BCUT2D eigenvalue weighted by molar-refractivity contribution is 0.588. The summed E-state index contributed by atoms with van der Waals surface area (Å²) in [6.07, 6.45) is 4.59. The first-order valence-corrected chi connectivity index (χ1v) is 7.98. The zero-order chi connectivity index (χ0) is 14.9. The molecule has 0 radical (unpaired) electrons. The molecule has 0 amide bonds. The van der Waals surface area contributed by atoms with E-state index in [1.54, 1.807) is 24.5 Å². The molecule has 2 aromatic heterocycles. The summed E-state index contributed by atoms with van der Waals surface area (Å²) < 4.78 is 26.9. The second kappa shape index (κ2) is 5.31. The normalized spacial score (nSPS) is 11.9. The molecule has 0 bridgehead atoms. The standard InChI is InChI=1S/C15H15N3O2S/c1-16-9-12-11-18(15-7-3-2-6-14(12)15)21(19,20)13-5-4-8-17-10-13/h2-8,10-11,16H,9H2,1H3. The maximum Gasteiger partial charge on any atom is 0.269 e. The molecule has 1 aromatic carbocycles. The zero-order valence-electron chi connectivity index (χ0n) is 11.5. The summed E-state index contributed by atoms with van der Waals surface area (Å²) in [6, 6.07) is 10.6. The summed E-state index contributed by atoms with van der Waals surface area (Å²) in [6.45, 7) is 0.607. The van der Waals surface area contributed by atoms with Crippen molar-refractivity contribution in [3.63, 3.8) is 0 Å². The van der Waals surface area contributed by atoms with Crippen LogP contribution in [0.3, 0.4) is 0 Å². The Morgan fingerprint density at radius 3 is 2.71 bits per heavy atom. The Balaban J connectivity index is 2.26. The van der Waals surface area contributed by atoms with Gasteiger partial charge in [0.15, 0.2) is 0 Å². The van der Waals surface area contributed by atoms with Gasteiger partial charge in [-0.1, -0.05) is 18.2 Å². The van der Waals surface area contributed by atoms with Crippen molar-refractivity contribution in [2.75, 3.05) is 7.05 Å². The first-order chi connectivity index (χ1) is 10.1. The van der Waals surface area contributed by atoms with Crippen molar-refractivity contribution in [2.24, 2.45) is 0 Å². The minimum Gasteiger partial charge on any atom is -0.316 e. The van der Waals surface area contributed by atoms with Crippen LogP contribution in [0.5, 0.6) is 0 Å². The zero-order valence-corrected chi connectivity index (χ0v) is 12.3. The van der Waals surface area contributed by atoms with Gasteiger partial charge in [0.1, 0.15) is 4.90 Å². The van der Waals surface area contributed by atoms with E-state index in [0.29, 0.717) is 12.1 Å². The number of rotatable bonds is 4. The van der Waals surface area contributed by atoms with Crippen LogP contribution in [0.25, 0.3) is 10.9 Å². The molecule has 6 heteroatoms. The summed E-state index contributed by atoms with van der Waals surface area (Å²) in [5.74, 6) is 0. The fourth-order valence-corrected chi connectivity index (χ4v) is 3.72. The Bertz CT molecular complexity index is 870. The van der Waals surface area contributed by atoms with E-state index in [0.717, 1.165) is 10.9 Å². The van der Waals surface area contributed by atoms with E-state index in [9.17, 15) is 8.42 Å². The van der Waals surface area contributed by atoms with Gasteiger partial charge in [0, 0.05) is 30.5 Å². The Labute approximate surface area is 123 Å². The molecule has 0 atom stereocenters. The van der Waals surface area contributed by atoms with Gasteiger partial charge in [-0.05, 0) is 30.8 Å². The Hall–Kier alpha value is -2.18. The van der Waals surface area contributed by atoms with Crippen molar-refractivity contribution in [2.45, 2.75) is 11.4 Å². The second-order valence-corrected chi connectivity index (χ2v) is 6.51. The van der Waals surface area contributed by atoms with E-state index in [1.807, 2.05) is 31.3 Å². The van der Waals surface area contributed by atoms with Gasteiger partial charge in [-0.3, -0.25) is 4.98 Å². The number of para-hydroxylation sites is 1. The van der Waals surface area contributed by atoms with Crippen molar-refractivity contribution in [3.8, 4) is 0 Å². The van der Waals surface area contributed by atoms with Crippen LogP contribution < -0.4 is 5.32 Å². The molecule has 3 rings (SSSR count). The molecular formula is C15H15N3O2S. The minimum absolute atomic E-state index is 0.182. The van der Waals surface area contributed by atoms with Gasteiger partial charge < -0.3 is 5.32 Å². The highest BCUT2D eigenvalue weighted by Crippen LogP contribution is 2.25. The van der Waals surface area contributed by atoms with E-state index < -0.39 is 10.0 Å². The van der Waals surface area contributed by atoms with Crippen LogP contribution in [-0.4, -0.2) is 24.4 Å². The molecule has 3 aromatic rings. The largest absolute Gasteiger partial charge is 0.316 e. The number of aromatic nitrogens is 2. The molecule has 2 heterocycles. The quantitative estimate of drug-likeness (QED) is 0.800. The monoisotopic (exact) mass is 301 g/mol. The third-order valence-electron chi connectivity index (χ3n) is 3.32. The van der Waals surface area contributed by atoms with E-state index >= 15 is 0 Å². The number of nitrogens with zero attached hydrogens (tertiary/aromatic N) is 2. The maximum absolute atomic E-state index is 12.8. The van der Waals surface area contributed by atoms with Crippen LogP contribution in [-0.2, 0) is 16.6 Å². The van der Waals surface area contributed by atoms with Gasteiger partial charge in [-0.25, -0.2) is 12.4 Å². The van der Waals surface area contributed by atoms with E-state index in [-0.39, 0.29) is 4.90 Å². The van der Waals surface area contributed by atoms with Crippen molar-refractivity contribution in [1.29, 1.82) is 0 Å². The van der Waals surface area contributed by atoms with Gasteiger partial charge in [0.2, 0.25) is 0 Å². The number of pyridine rings is 1. The molecule has 0 saturated heterocycles. The van der Waals surface area contributed by atoms with Crippen LogP contribution in [0.4, 0.5) is 0 Å². The smallest absolute Gasteiger partial charge is 0.269 e. The molecule has 5 nitrogen and oxygen atoms in total. The summed E-state index contributed by atoms with van der Waals surface area (Å²) in [5, 5.41) is 3.99. The van der Waals surface area contributed by atoms with Crippen LogP contribution in [0, 0.1) is 0 Å². The predicted octanol–water partition coefficient (Wildman–Crippen LogP) is 1.99. The van der Waals surface area contributed by atoms with Crippen molar-refractivity contribution in [1.82, 2.24) is 14.3 Å². The number of benzene rings is 1. The van der Waals surface area contributed by atoms with Crippen LogP contribution in [0.2, 0.25) is 0 Å². The fourth-order valence-electron chi connectivity index (χ4n) is 2.36. The Morgan fingerprint density at radius 2 is 2.00 bits per heavy atom. The first kappa shape index (κ1) is 13.8. The summed E-state index contributed by atoms with van der Waals surface area (Å²) >= 11 is 0. The number of hydrogen-bond donors (Lipinski definition) is 1. The van der Waals surface area contributed by atoms with Gasteiger partial charge in [0.25, 0.3) is 10.0 Å². The lowest BCUT2D eigenvalue weighted by Crippen LogP contribution is -2.12. The third-order valence-corrected chi connectivity index (χ3v) is 4.98. The lowest BCUT2D eigenvalue weighted by Gasteiger charge is -2.06. The average Bonchev–Trinajstić information content (AvgIpc) is 2.88. The number of hydrogen-bond acceptors (Lipinski definition) is 4. The van der Waals surface area contributed by atoms with Crippen molar-refractivity contribution >= 4 is 20.9 Å². The molecular weight excluding hydrogens is 286 g/mol. The van der Waals surface area contributed by atoms with Gasteiger partial charge >= 0.3 is 0 Å². The summed E-state index contributed by atoms with van der Waals surface area (Å²) in [7, 11) is -1.80. The molecule has 0 aliphatic rings. The topological polar surface area (TPSA) is 64.0 Å². The lowest BCUT2D eigenvalue weighted by atomic mass is 10.2. The number of fused-ring (bicyclic) bond motifs is 1. The van der Waals surface area contributed by atoms with Crippen LogP contribution in [0.15, 0.2) is 59.9 Å². The first-order valence-electron chi connectivity index (χ1n) is 6.54. The molecule has 0 aliphatic carbocycles. The molecule has 0 saturated carbocycles. The van der Waals surface area contributed by atoms with E-state index in [1.165, 1.54) is 10.2 Å². The highest BCUT2D eigenvalue weighted by atomic mass is 32.2. The van der Waals surface area contributed by atoms with Gasteiger partial charge in [-0.2, -0.15) is 0 Å². The average molecular weight is 301 g/mol. The third kappa shape index (κ3) is 2.32. The minimum atomic E-state index is -3.64. The fraction of sp³-hybridized carbons (Fsp3) is 0.133. The molecule has 0 fully saturated rings. The van der Waals surface area contributed by atoms with Crippen LogP contribution in [0.1, 0.15) is 5.56 Å². The maximum atomic E-state index is 12.8. The van der Waals surface area contributed by atoms with Crippen LogP contribution >= 0.6 is 0 Å². The molecule has 108 valence electrons. The van der Waals surface area contributed by atoms with Gasteiger partial charge in [-0.15, -0.1) is 0 Å². The van der Waals surface area contributed by atoms with Crippen molar-refractivity contribution in [3.05, 3.63) is 60.6 Å². The summed E-state index contributed by atoms with van der Waals surface area (Å²) in [5.41, 5.74) is 1.62. The summed E-state index contributed by atoms with van der Waals surface area (Å²) in [4.78, 5) is 4.08. The Kier molecular flexibility index (Phi) is 3.48. The molecule has 1 N–H and O–H groups in total. The van der Waals surface area contributed by atoms with Gasteiger partial charge in [0.05, 0.1) is 5.52 Å². The molecule has 21 heavy (non-hydrogen) atoms. The number of nitrogens with one attached hydrogen (secondary N) is 1. The Morgan fingerprint density at radius 1 is 1.19 bits per heavy atom. The molecule has 0 aliphatic heterocycles. The molecule has 0 unspecified atom stereocenters. The van der Waals surface area contributed by atoms with E-state index in [2.05, 4.69) is 10.3 Å². The predicted molar refractivity (Wildman–Crippen MR) is 81.5 cm³/mol. The highest BCUT2D eigenvalue weighted by molar-refractivity contribution is 7.90. The van der Waals surface area contributed by atoms with Crippen molar-refractivity contribution < 1.29 is 8.42 Å². The van der Waals surface area contributed by atoms with E-state index in [4.69, 9.17) is 0 Å². The second-order valence-electron chi connectivity index (χ2n) is 4.69. The SMILES string of the molecule is CNCc1cn(S(=O)(=O)c2cccnc2)c2ccccc12.